The molecule has 0 aromatic heterocycles. The average molecular weight is 277 g/mol. The van der Waals surface area contributed by atoms with Crippen LogP contribution in [0.2, 0.25) is 0 Å². The van der Waals surface area contributed by atoms with Gasteiger partial charge in [0.15, 0.2) is 5.84 Å². The Balaban J connectivity index is 1.83. The molecule has 0 bridgehead atoms. The van der Waals surface area contributed by atoms with Gasteiger partial charge in [-0.05, 0) is 57.5 Å². The molecule has 1 heterocycles. The molecule has 1 aliphatic rings. The first-order valence-electron chi connectivity index (χ1n) is 6.99. The van der Waals surface area contributed by atoms with Gasteiger partial charge >= 0.3 is 0 Å². The summed E-state index contributed by atoms with van der Waals surface area (Å²) in [5.74, 6) is 0.909. The van der Waals surface area contributed by atoms with Gasteiger partial charge in [0.25, 0.3) is 0 Å². The summed E-state index contributed by atoms with van der Waals surface area (Å²) >= 11 is 0. The van der Waals surface area contributed by atoms with Gasteiger partial charge in [-0.1, -0.05) is 5.16 Å². The molecule has 1 aliphatic heterocycles. The predicted octanol–water partition coefficient (Wildman–Crippen LogP) is 2.03. The molecule has 5 nitrogen and oxygen atoms in total. The number of oxime groups is 1. The minimum Gasteiger partial charge on any atom is -0.492 e. The van der Waals surface area contributed by atoms with Gasteiger partial charge in [-0.3, -0.25) is 4.90 Å². The molecule has 0 radical (unpaired) electrons. The molecule has 0 saturated carbocycles. The fourth-order valence-corrected chi connectivity index (χ4v) is 2.63. The summed E-state index contributed by atoms with van der Waals surface area (Å²) in [7, 11) is 0. The molecule has 1 saturated heterocycles. The van der Waals surface area contributed by atoms with Crippen molar-refractivity contribution in [2.75, 3.05) is 19.7 Å². The number of ether oxygens (including phenoxy) is 1. The monoisotopic (exact) mass is 277 g/mol. The number of likely N-dealkylation sites (tertiary alicyclic amines) is 1. The van der Waals surface area contributed by atoms with Crippen molar-refractivity contribution in [3.63, 3.8) is 0 Å². The van der Waals surface area contributed by atoms with E-state index in [9.17, 15) is 0 Å². The zero-order chi connectivity index (χ0) is 14.6. The van der Waals surface area contributed by atoms with Crippen molar-refractivity contribution >= 4 is 5.84 Å². The molecule has 0 aliphatic carbocycles. The van der Waals surface area contributed by atoms with E-state index in [0.29, 0.717) is 17.7 Å². The van der Waals surface area contributed by atoms with Crippen LogP contribution in [0.25, 0.3) is 0 Å². The van der Waals surface area contributed by atoms with Crippen LogP contribution in [0.15, 0.2) is 29.4 Å². The summed E-state index contributed by atoms with van der Waals surface area (Å²) < 4.78 is 5.74. The molecular weight excluding hydrogens is 254 g/mol. The molecule has 2 rings (SSSR count). The summed E-state index contributed by atoms with van der Waals surface area (Å²) in [6, 6.07) is 7.24. The lowest BCUT2D eigenvalue weighted by molar-refractivity contribution is 0.143. The highest BCUT2D eigenvalue weighted by atomic mass is 16.5. The predicted molar refractivity (Wildman–Crippen MR) is 79.3 cm³/mol. The first kappa shape index (κ1) is 14.7. The van der Waals surface area contributed by atoms with Crippen LogP contribution < -0.4 is 10.5 Å². The topological polar surface area (TPSA) is 71.1 Å². The summed E-state index contributed by atoms with van der Waals surface area (Å²) in [6.07, 6.45) is 2.52. The van der Waals surface area contributed by atoms with E-state index in [0.717, 1.165) is 18.8 Å². The van der Waals surface area contributed by atoms with Crippen LogP contribution in [0.4, 0.5) is 0 Å². The molecule has 5 heteroatoms. The Kier molecular flexibility index (Phi) is 4.49. The number of nitrogens with two attached hydrogens (primary N) is 1. The summed E-state index contributed by atoms with van der Waals surface area (Å²) in [6.45, 7) is 7.33. The first-order valence-corrected chi connectivity index (χ1v) is 6.99. The Hall–Kier alpha value is -1.75. The molecule has 20 heavy (non-hydrogen) atoms. The average Bonchev–Trinajstić information content (AvgIpc) is 2.78. The lowest BCUT2D eigenvalue weighted by atomic mass is 10.0. The standard InChI is InChI=1S/C15H23N3O2/c1-15(2)8-3-9-18(15)10-11-20-13-6-4-12(5-7-13)14(16)17-19/h4-7,19H,3,8-11H2,1-2H3,(H2,16,17). The quantitative estimate of drug-likeness (QED) is 0.374. The van der Waals surface area contributed by atoms with E-state index < -0.39 is 0 Å². The van der Waals surface area contributed by atoms with Crippen molar-refractivity contribution in [2.45, 2.75) is 32.2 Å². The third-order valence-corrected chi connectivity index (χ3v) is 3.96. The van der Waals surface area contributed by atoms with Gasteiger partial charge < -0.3 is 15.7 Å². The van der Waals surface area contributed by atoms with Gasteiger partial charge in [-0.25, -0.2) is 0 Å². The van der Waals surface area contributed by atoms with Gasteiger partial charge in [0.05, 0.1) is 0 Å². The number of nitrogens with zero attached hydrogens (tertiary/aromatic N) is 2. The lowest BCUT2D eigenvalue weighted by Gasteiger charge is -2.31. The second-order valence-electron chi connectivity index (χ2n) is 5.76. The van der Waals surface area contributed by atoms with Crippen molar-refractivity contribution in [2.24, 2.45) is 10.9 Å². The largest absolute Gasteiger partial charge is 0.492 e. The Morgan fingerprint density at radius 1 is 1.40 bits per heavy atom. The minimum atomic E-state index is 0.107. The molecular formula is C15H23N3O2. The Labute approximate surface area is 120 Å². The Bertz CT molecular complexity index is 469. The van der Waals surface area contributed by atoms with Crippen LogP contribution in [0.5, 0.6) is 5.75 Å². The van der Waals surface area contributed by atoms with Crippen LogP contribution in [-0.4, -0.2) is 41.2 Å². The molecule has 1 aromatic rings. The third kappa shape index (κ3) is 3.42. The number of hydrogen-bond donors (Lipinski definition) is 2. The first-order chi connectivity index (χ1) is 9.53. The number of rotatable bonds is 5. The van der Waals surface area contributed by atoms with Crippen molar-refractivity contribution in [1.82, 2.24) is 4.90 Å². The van der Waals surface area contributed by atoms with Gasteiger partial charge in [-0.2, -0.15) is 0 Å². The van der Waals surface area contributed by atoms with Gasteiger partial charge in [-0.15, -0.1) is 0 Å². The minimum absolute atomic E-state index is 0.107. The SMILES string of the molecule is CC1(C)CCCN1CCOc1ccc(C(N)=NO)cc1. The highest BCUT2D eigenvalue weighted by Gasteiger charge is 2.31. The van der Waals surface area contributed by atoms with Crippen molar-refractivity contribution in [1.29, 1.82) is 0 Å². The normalized spacial score (nSPS) is 19.2. The van der Waals surface area contributed by atoms with E-state index >= 15 is 0 Å². The maximum atomic E-state index is 8.60. The van der Waals surface area contributed by atoms with E-state index in [2.05, 4.69) is 23.9 Å². The second-order valence-corrected chi connectivity index (χ2v) is 5.76. The van der Waals surface area contributed by atoms with Crippen LogP contribution in [0.3, 0.4) is 0 Å². The zero-order valence-electron chi connectivity index (χ0n) is 12.2. The second kappa shape index (κ2) is 6.13. The number of amidine groups is 1. The van der Waals surface area contributed by atoms with Crippen molar-refractivity contribution in [3.05, 3.63) is 29.8 Å². The van der Waals surface area contributed by atoms with Crippen LogP contribution >= 0.6 is 0 Å². The van der Waals surface area contributed by atoms with Crippen molar-refractivity contribution < 1.29 is 9.94 Å². The van der Waals surface area contributed by atoms with E-state index in [1.54, 1.807) is 12.1 Å². The van der Waals surface area contributed by atoms with E-state index in [4.69, 9.17) is 15.7 Å². The molecule has 0 unspecified atom stereocenters. The lowest BCUT2D eigenvalue weighted by Crippen LogP contribution is -2.40. The van der Waals surface area contributed by atoms with E-state index in [-0.39, 0.29) is 5.84 Å². The van der Waals surface area contributed by atoms with E-state index in [1.165, 1.54) is 12.8 Å². The van der Waals surface area contributed by atoms with Crippen LogP contribution in [0.1, 0.15) is 32.3 Å². The summed E-state index contributed by atoms with van der Waals surface area (Å²) in [5, 5.41) is 11.6. The third-order valence-electron chi connectivity index (χ3n) is 3.96. The number of hydrogen-bond acceptors (Lipinski definition) is 4. The smallest absolute Gasteiger partial charge is 0.170 e. The van der Waals surface area contributed by atoms with E-state index in [1.807, 2.05) is 12.1 Å². The fraction of sp³-hybridized carbons (Fsp3) is 0.533. The zero-order valence-corrected chi connectivity index (χ0v) is 12.2. The Morgan fingerprint density at radius 2 is 2.10 bits per heavy atom. The Morgan fingerprint density at radius 3 is 2.65 bits per heavy atom. The highest BCUT2D eigenvalue weighted by Crippen LogP contribution is 2.27. The molecule has 1 aromatic carbocycles. The molecule has 3 N–H and O–H groups in total. The molecule has 110 valence electrons. The van der Waals surface area contributed by atoms with Crippen LogP contribution in [-0.2, 0) is 0 Å². The maximum absolute atomic E-state index is 8.60. The fourth-order valence-electron chi connectivity index (χ4n) is 2.63. The molecule has 0 atom stereocenters. The summed E-state index contributed by atoms with van der Waals surface area (Å²) in [5.41, 5.74) is 6.48. The van der Waals surface area contributed by atoms with Gasteiger partial charge in [0, 0.05) is 17.6 Å². The van der Waals surface area contributed by atoms with Gasteiger partial charge in [0.1, 0.15) is 12.4 Å². The number of benzene rings is 1. The van der Waals surface area contributed by atoms with Crippen molar-refractivity contribution in [3.8, 4) is 5.75 Å². The molecule has 0 amide bonds. The highest BCUT2D eigenvalue weighted by molar-refractivity contribution is 5.97. The van der Waals surface area contributed by atoms with Crippen LogP contribution in [0, 0.1) is 0 Å². The van der Waals surface area contributed by atoms with Gasteiger partial charge in [0.2, 0.25) is 0 Å². The summed E-state index contributed by atoms with van der Waals surface area (Å²) in [4.78, 5) is 2.47. The molecule has 1 fully saturated rings. The maximum Gasteiger partial charge on any atom is 0.170 e. The molecule has 0 spiro atoms.